The van der Waals surface area contributed by atoms with Gasteiger partial charge in [0.15, 0.2) is 0 Å². The van der Waals surface area contributed by atoms with Crippen LogP contribution in [0.5, 0.6) is 0 Å². The minimum atomic E-state index is -0.105. The molecule has 126 valence electrons. The third-order valence-corrected chi connectivity index (χ3v) is 4.23. The number of piperidine rings is 1. The van der Waals surface area contributed by atoms with E-state index in [1.54, 1.807) is 0 Å². The number of amides is 1. The Kier molecular flexibility index (Phi) is 6.16. The highest BCUT2D eigenvalue weighted by molar-refractivity contribution is 5.93. The zero-order valence-corrected chi connectivity index (χ0v) is 14.2. The normalized spacial score (nSPS) is 16.1. The molecule has 5 heteroatoms. The number of hydrogen-bond donors (Lipinski definition) is 1. The third kappa shape index (κ3) is 5.06. The van der Waals surface area contributed by atoms with Crippen LogP contribution in [0.15, 0.2) is 18.2 Å². The molecule has 0 spiro atoms. The zero-order chi connectivity index (χ0) is 16.8. The van der Waals surface area contributed by atoms with Crippen molar-refractivity contribution in [2.24, 2.45) is 5.92 Å². The Bertz CT molecular complexity index is 563. The number of benzene rings is 1. The molecule has 1 saturated heterocycles. The smallest absolute Gasteiger partial charge is 0.309 e. The second-order valence-corrected chi connectivity index (χ2v) is 6.17. The average Bonchev–Trinajstić information content (AvgIpc) is 2.51. The maximum absolute atomic E-state index is 12.2. The number of carbonyl (C=O) groups is 2. The van der Waals surface area contributed by atoms with E-state index in [0.717, 1.165) is 37.2 Å². The first-order chi connectivity index (χ1) is 11.0. The van der Waals surface area contributed by atoms with Gasteiger partial charge < -0.3 is 10.1 Å². The third-order valence-electron chi connectivity index (χ3n) is 4.23. The lowest BCUT2D eigenvalue weighted by Gasteiger charge is -2.30. The first-order valence-electron chi connectivity index (χ1n) is 8.25. The predicted octanol–water partition coefficient (Wildman–Crippen LogP) is 2.52. The molecule has 1 aromatic carbocycles. The van der Waals surface area contributed by atoms with Gasteiger partial charge >= 0.3 is 5.97 Å². The van der Waals surface area contributed by atoms with E-state index in [1.807, 2.05) is 32.9 Å². The molecule has 0 unspecified atom stereocenters. The quantitative estimate of drug-likeness (QED) is 0.848. The SMILES string of the molecule is CCOC(=O)C1CCN(CC(=O)Nc2ccc(C)cc2C)CC1. The van der Waals surface area contributed by atoms with Crippen LogP contribution in [-0.2, 0) is 14.3 Å². The number of likely N-dealkylation sites (tertiary alicyclic amines) is 1. The molecule has 1 heterocycles. The maximum atomic E-state index is 12.2. The van der Waals surface area contributed by atoms with Gasteiger partial charge in [0.05, 0.1) is 19.1 Å². The molecule has 1 aromatic rings. The lowest BCUT2D eigenvalue weighted by atomic mass is 9.97. The minimum absolute atomic E-state index is 0.00784. The number of rotatable bonds is 5. The van der Waals surface area contributed by atoms with Crippen molar-refractivity contribution in [3.63, 3.8) is 0 Å². The molecular weight excluding hydrogens is 292 g/mol. The van der Waals surface area contributed by atoms with Crippen molar-refractivity contribution in [2.45, 2.75) is 33.6 Å². The van der Waals surface area contributed by atoms with Crippen LogP contribution in [0.25, 0.3) is 0 Å². The molecule has 1 aliphatic heterocycles. The van der Waals surface area contributed by atoms with Crippen molar-refractivity contribution in [3.8, 4) is 0 Å². The van der Waals surface area contributed by atoms with Crippen LogP contribution in [-0.4, -0.2) is 43.0 Å². The Labute approximate surface area is 138 Å². The molecule has 1 fully saturated rings. The first kappa shape index (κ1) is 17.5. The largest absolute Gasteiger partial charge is 0.466 e. The lowest BCUT2D eigenvalue weighted by molar-refractivity contribution is -0.149. The standard InChI is InChI=1S/C18H26N2O3/c1-4-23-18(22)15-7-9-20(10-8-15)12-17(21)19-16-6-5-13(2)11-14(16)3/h5-6,11,15H,4,7-10,12H2,1-3H3,(H,19,21). The van der Waals surface area contributed by atoms with Gasteiger partial charge in [-0.3, -0.25) is 14.5 Å². The van der Waals surface area contributed by atoms with Gasteiger partial charge in [0.1, 0.15) is 0 Å². The summed E-state index contributed by atoms with van der Waals surface area (Å²) in [5.74, 6) is -0.132. The van der Waals surface area contributed by atoms with E-state index in [4.69, 9.17) is 4.74 Å². The van der Waals surface area contributed by atoms with Crippen molar-refractivity contribution in [2.75, 3.05) is 31.6 Å². The zero-order valence-electron chi connectivity index (χ0n) is 14.2. The Morgan fingerprint density at radius 3 is 2.57 bits per heavy atom. The fourth-order valence-electron chi connectivity index (χ4n) is 2.93. The number of carbonyl (C=O) groups excluding carboxylic acids is 2. The summed E-state index contributed by atoms with van der Waals surface area (Å²) in [4.78, 5) is 26.0. The van der Waals surface area contributed by atoms with Gasteiger partial charge in [0.2, 0.25) is 5.91 Å². The average molecular weight is 318 g/mol. The lowest BCUT2D eigenvalue weighted by Crippen LogP contribution is -2.41. The monoisotopic (exact) mass is 318 g/mol. The van der Waals surface area contributed by atoms with Crippen molar-refractivity contribution < 1.29 is 14.3 Å². The Morgan fingerprint density at radius 2 is 1.96 bits per heavy atom. The molecule has 5 nitrogen and oxygen atoms in total. The first-order valence-corrected chi connectivity index (χ1v) is 8.25. The molecule has 0 aliphatic carbocycles. The van der Waals surface area contributed by atoms with Crippen molar-refractivity contribution in [1.82, 2.24) is 4.90 Å². The van der Waals surface area contributed by atoms with Gasteiger partial charge in [-0.15, -0.1) is 0 Å². The molecule has 23 heavy (non-hydrogen) atoms. The van der Waals surface area contributed by atoms with Crippen LogP contribution >= 0.6 is 0 Å². The molecule has 1 aliphatic rings. The highest BCUT2D eigenvalue weighted by Crippen LogP contribution is 2.19. The topological polar surface area (TPSA) is 58.6 Å². The predicted molar refractivity (Wildman–Crippen MR) is 90.3 cm³/mol. The molecule has 0 saturated carbocycles. The fraction of sp³-hybridized carbons (Fsp3) is 0.556. The second kappa shape index (κ2) is 8.11. The molecule has 0 radical (unpaired) electrons. The number of nitrogens with one attached hydrogen (secondary N) is 1. The highest BCUT2D eigenvalue weighted by atomic mass is 16.5. The van der Waals surface area contributed by atoms with Crippen LogP contribution in [0.1, 0.15) is 30.9 Å². The van der Waals surface area contributed by atoms with E-state index in [2.05, 4.69) is 16.3 Å². The summed E-state index contributed by atoms with van der Waals surface area (Å²) < 4.78 is 5.06. The van der Waals surface area contributed by atoms with E-state index in [0.29, 0.717) is 13.2 Å². The fourth-order valence-corrected chi connectivity index (χ4v) is 2.93. The number of nitrogens with zero attached hydrogens (tertiary/aromatic N) is 1. The number of esters is 1. The summed E-state index contributed by atoms with van der Waals surface area (Å²) >= 11 is 0. The summed E-state index contributed by atoms with van der Waals surface area (Å²) in [6, 6.07) is 5.99. The molecule has 1 amide bonds. The van der Waals surface area contributed by atoms with E-state index in [-0.39, 0.29) is 17.8 Å². The number of ether oxygens (including phenoxy) is 1. The highest BCUT2D eigenvalue weighted by Gasteiger charge is 2.26. The minimum Gasteiger partial charge on any atom is -0.466 e. The summed E-state index contributed by atoms with van der Waals surface area (Å²) in [6.07, 6.45) is 1.52. The number of hydrogen-bond acceptors (Lipinski definition) is 4. The van der Waals surface area contributed by atoms with E-state index >= 15 is 0 Å². The summed E-state index contributed by atoms with van der Waals surface area (Å²) in [7, 11) is 0. The van der Waals surface area contributed by atoms with Gasteiger partial charge in [-0.25, -0.2) is 0 Å². The van der Waals surface area contributed by atoms with Crippen LogP contribution in [0.4, 0.5) is 5.69 Å². The van der Waals surface area contributed by atoms with Crippen LogP contribution in [0, 0.1) is 19.8 Å². The summed E-state index contributed by atoms with van der Waals surface area (Å²) in [5, 5.41) is 2.97. The van der Waals surface area contributed by atoms with E-state index < -0.39 is 0 Å². The van der Waals surface area contributed by atoms with Crippen molar-refractivity contribution >= 4 is 17.6 Å². The van der Waals surface area contributed by atoms with Gasteiger partial charge in [-0.1, -0.05) is 17.7 Å². The van der Waals surface area contributed by atoms with Crippen LogP contribution < -0.4 is 5.32 Å². The molecular formula is C18H26N2O3. The van der Waals surface area contributed by atoms with E-state index in [1.165, 1.54) is 5.56 Å². The Balaban J connectivity index is 1.79. The van der Waals surface area contributed by atoms with Crippen molar-refractivity contribution in [3.05, 3.63) is 29.3 Å². The number of anilines is 1. The maximum Gasteiger partial charge on any atom is 0.309 e. The summed E-state index contributed by atoms with van der Waals surface area (Å²) in [5.41, 5.74) is 3.11. The van der Waals surface area contributed by atoms with Gasteiger partial charge in [-0.05, 0) is 58.3 Å². The van der Waals surface area contributed by atoms with Gasteiger partial charge in [0, 0.05) is 5.69 Å². The van der Waals surface area contributed by atoms with Crippen LogP contribution in [0.2, 0.25) is 0 Å². The summed E-state index contributed by atoms with van der Waals surface area (Å²) in [6.45, 7) is 8.15. The van der Waals surface area contributed by atoms with E-state index in [9.17, 15) is 9.59 Å². The molecule has 0 atom stereocenters. The van der Waals surface area contributed by atoms with Gasteiger partial charge in [-0.2, -0.15) is 0 Å². The van der Waals surface area contributed by atoms with Crippen molar-refractivity contribution in [1.29, 1.82) is 0 Å². The molecule has 2 rings (SSSR count). The molecule has 0 bridgehead atoms. The number of aryl methyl sites for hydroxylation is 2. The molecule has 1 N–H and O–H groups in total. The molecule has 0 aromatic heterocycles. The van der Waals surface area contributed by atoms with Gasteiger partial charge in [0.25, 0.3) is 0 Å². The second-order valence-electron chi connectivity index (χ2n) is 6.17. The Hall–Kier alpha value is -1.88. The Morgan fingerprint density at radius 1 is 1.26 bits per heavy atom. The van der Waals surface area contributed by atoms with Crippen LogP contribution in [0.3, 0.4) is 0 Å².